The standard InChI is InChI=1S/C27H25F3O3S/c1-16(2)20-13-21(17(3)4)15-22(14-20)23-11-7-9-19-12-18-8-5-6-10-24(18)26(25(19)23)33-34(31,32)27(28,29)30/h5-17H,1-4H3. The molecule has 3 nitrogen and oxygen atoms in total. The van der Waals surface area contributed by atoms with Crippen molar-refractivity contribution in [2.75, 3.05) is 0 Å². The summed E-state index contributed by atoms with van der Waals surface area (Å²) in [5.41, 5.74) is -1.97. The van der Waals surface area contributed by atoms with Gasteiger partial charge in [0.25, 0.3) is 0 Å². The molecule has 0 saturated carbocycles. The quantitative estimate of drug-likeness (QED) is 0.162. The van der Waals surface area contributed by atoms with Crippen molar-refractivity contribution in [1.82, 2.24) is 0 Å². The first-order chi connectivity index (χ1) is 15.9. The molecule has 4 aromatic rings. The molecule has 4 aromatic carbocycles. The van der Waals surface area contributed by atoms with E-state index in [1.54, 1.807) is 36.4 Å². The van der Waals surface area contributed by atoms with Crippen LogP contribution >= 0.6 is 0 Å². The minimum atomic E-state index is -5.88. The third-order valence-corrected chi connectivity index (χ3v) is 6.89. The largest absolute Gasteiger partial charge is 0.534 e. The van der Waals surface area contributed by atoms with Crippen molar-refractivity contribution >= 4 is 31.7 Å². The first-order valence-corrected chi connectivity index (χ1v) is 12.4. The highest BCUT2D eigenvalue weighted by atomic mass is 32.2. The van der Waals surface area contributed by atoms with E-state index in [0.29, 0.717) is 27.1 Å². The third kappa shape index (κ3) is 4.37. The third-order valence-electron chi connectivity index (χ3n) is 5.94. The molecule has 0 aromatic heterocycles. The highest BCUT2D eigenvalue weighted by Gasteiger charge is 2.49. The number of benzene rings is 4. The fraction of sp³-hybridized carbons (Fsp3) is 0.259. The molecule has 0 heterocycles. The molecule has 4 rings (SSSR count). The van der Waals surface area contributed by atoms with Gasteiger partial charge in [-0.3, -0.25) is 0 Å². The van der Waals surface area contributed by atoms with Gasteiger partial charge >= 0.3 is 15.6 Å². The molecule has 0 N–H and O–H groups in total. The van der Waals surface area contributed by atoms with Gasteiger partial charge in [0.05, 0.1) is 0 Å². The zero-order valence-corrected chi connectivity index (χ0v) is 20.1. The molecule has 0 radical (unpaired) electrons. The zero-order valence-electron chi connectivity index (χ0n) is 19.3. The molecule has 0 unspecified atom stereocenters. The van der Waals surface area contributed by atoms with Gasteiger partial charge in [0.2, 0.25) is 0 Å². The average Bonchev–Trinajstić information content (AvgIpc) is 2.77. The molecule has 0 saturated heterocycles. The Kier molecular flexibility index (Phi) is 6.10. The first-order valence-electron chi connectivity index (χ1n) is 11.0. The molecule has 0 aliphatic rings. The van der Waals surface area contributed by atoms with Gasteiger partial charge in [-0.1, -0.05) is 88.4 Å². The summed E-state index contributed by atoms with van der Waals surface area (Å²) in [4.78, 5) is 0. The zero-order chi connectivity index (χ0) is 24.8. The van der Waals surface area contributed by atoms with Crippen LogP contribution < -0.4 is 4.18 Å². The number of fused-ring (bicyclic) bond motifs is 2. The smallest absolute Gasteiger partial charge is 0.375 e. The van der Waals surface area contributed by atoms with Crippen LogP contribution in [0.1, 0.15) is 50.7 Å². The second kappa shape index (κ2) is 8.62. The van der Waals surface area contributed by atoms with Crippen LogP contribution in [0.4, 0.5) is 13.2 Å². The number of rotatable bonds is 5. The summed E-state index contributed by atoms with van der Waals surface area (Å²) in [6.07, 6.45) is 0. The normalized spacial score (nSPS) is 12.7. The Bertz CT molecular complexity index is 1460. The molecule has 7 heteroatoms. The fourth-order valence-corrected chi connectivity index (χ4v) is 4.55. The van der Waals surface area contributed by atoms with E-state index < -0.39 is 15.6 Å². The summed E-state index contributed by atoms with van der Waals surface area (Å²) in [6, 6.07) is 20.0. The van der Waals surface area contributed by atoms with Crippen LogP contribution in [0.5, 0.6) is 5.75 Å². The molecular formula is C27H25F3O3S. The van der Waals surface area contributed by atoms with Gasteiger partial charge in [0.15, 0.2) is 5.75 Å². The van der Waals surface area contributed by atoms with Crippen molar-refractivity contribution in [2.24, 2.45) is 0 Å². The lowest BCUT2D eigenvalue weighted by Crippen LogP contribution is -2.28. The van der Waals surface area contributed by atoms with E-state index in [4.69, 9.17) is 4.18 Å². The number of hydrogen-bond acceptors (Lipinski definition) is 3. The Labute approximate surface area is 197 Å². The highest BCUT2D eigenvalue weighted by molar-refractivity contribution is 7.88. The molecule has 0 aliphatic carbocycles. The van der Waals surface area contributed by atoms with E-state index >= 15 is 0 Å². The van der Waals surface area contributed by atoms with Crippen molar-refractivity contribution in [1.29, 1.82) is 0 Å². The SMILES string of the molecule is CC(C)c1cc(-c2cccc3cc4ccccc4c(OS(=O)(=O)C(F)(F)F)c23)cc(C(C)C)c1. The molecule has 0 fully saturated rings. The van der Waals surface area contributed by atoms with Gasteiger partial charge in [0.1, 0.15) is 0 Å². The van der Waals surface area contributed by atoms with Gasteiger partial charge in [-0.25, -0.2) is 0 Å². The Morgan fingerprint density at radius 1 is 0.765 bits per heavy atom. The second-order valence-corrected chi connectivity index (χ2v) is 10.5. The van der Waals surface area contributed by atoms with Crippen molar-refractivity contribution in [3.63, 3.8) is 0 Å². The van der Waals surface area contributed by atoms with E-state index in [0.717, 1.165) is 16.7 Å². The Morgan fingerprint density at radius 2 is 1.35 bits per heavy atom. The summed E-state index contributed by atoms with van der Waals surface area (Å²) in [5.74, 6) is 0.145. The lowest BCUT2D eigenvalue weighted by molar-refractivity contribution is -0.0499. The first kappa shape index (κ1) is 24.1. The number of alkyl halides is 3. The summed E-state index contributed by atoms with van der Waals surface area (Å²) in [6.45, 7) is 8.29. The maximum Gasteiger partial charge on any atom is 0.534 e. The second-order valence-electron chi connectivity index (χ2n) is 9.01. The van der Waals surface area contributed by atoms with Crippen LogP contribution in [0, 0.1) is 0 Å². The van der Waals surface area contributed by atoms with Crippen LogP contribution in [-0.4, -0.2) is 13.9 Å². The van der Waals surface area contributed by atoms with Gasteiger partial charge in [-0.2, -0.15) is 21.6 Å². The highest BCUT2D eigenvalue weighted by Crippen LogP contribution is 2.43. The Morgan fingerprint density at radius 3 is 1.94 bits per heavy atom. The predicted molar refractivity (Wildman–Crippen MR) is 131 cm³/mol. The fourth-order valence-electron chi connectivity index (χ4n) is 4.06. The molecule has 34 heavy (non-hydrogen) atoms. The van der Waals surface area contributed by atoms with E-state index in [1.807, 2.05) is 24.3 Å². The van der Waals surface area contributed by atoms with Gasteiger partial charge in [0, 0.05) is 10.8 Å². The predicted octanol–water partition coefficient (Wildman–Crippen LogP) is 8.14. The van der Waals surface area contributed by atoms with Gasteiger partial charge < -0.3 is 4.18 Å². The van der Waals surface area contributed by atoms with Gasteiger partial charge in [-0.15, -0.1) is 0 Å². The number of hydrogen-bond donors (Lipinski definition) is 0. The summed E-state index contributed by atoms with van der Waals surface area (Å²) < 4.78 is 69.0. The lowest BCUT2D eigenvalue weighted by atomic mass is 9.88. The van der Waals surface area contributed by atoms with Crippen molar-refractivity contribution < 1.29 is 25.8 Å². The van der Waals surface area contributed by atoms with Crippen LogP contribution in [0.3, 0.4) is 0 Å². The van der Waals surface area contributed by atoms with Crippen LogP contribution in [0.15, 0.2) is 66.7 Å². The van der Waals surface area contributed by atoms with Crippen LogP contribution in [0.2, 0.25) is 0 Å². The summed E-state index contributed by atoms with van der Waals surface area (Å²) in [7, 11) is -5.88. The van der Waals surface area contributed by atoms with Gasteiger partial charge in [-0.05, 0) is 50.9 Å². The Balaban J connectivity index is 2.11. The molecule has 0 amide bonds. The maximum atomic E-state index is 13.3. The molecule has 0 atom stereocenters. The van der Waals surface area contributed by atoms with Crippen molar-refractivity contribution in [3.05, 3.63) is 77.9 Å². The summed E-state index contributed by atoms with van der Waals surface area (Å²) in [5, 5.41) is 1.78. The average molecular weight is 487 g/mol. The molecule has 0 bridgehead atoms. The topological polar surface area (TPSA) is 43.4 Å². The molecule has 0 aliphatic heterocycles. The molecular weight excluding hydrogens is 461 g/mol. The van der Waals surface area contributed by atoms with E-state index in [2.05, 4.69) is 33.8 Å². The molecule has 0 spiro atoms. The number of halogens is 3. The van der Waals surface area contributed by atoms with Crippen LogP contribution in [-0.2, 0) is 10.1 Å². The summed E-state index contributed by atoms with van der Waals surface area (Å²) >= 11 is 0. The Hall–Kier alpha value is -3.06. The van der Waals surface area contributed by atoms with Crippen molar-refractivity contribution in [2.45, 2.75) is 45.0 Å². The van der Waals surface area contributed by atoms with Crippen molar-refractivity contribution in [3.8, 4) is 16.9 Å². The maximum absolute atomic E-state index is 13.3. The van der Waals surface area contributed by atoms with E-state index in [-0.39, 0.29) is 17.6 Å². The van der Waals surface area contributed by atoms with Crippen LogP contribution in [0.25, 0.3) is 32.7 Å². The van der Waals surface area contributed by atoms with E-state index in [9.17, 15) is 21.6 Å². The lowest BCUT2D eigenvalue weighted by Gasteiger charge is -2.19. The minimum absolute atomic E-state index is 0.231. The monoisotopic (exact) mass is 486 g/mol. The minimum Gasteiger partial charge on any atom is -0.375 e. The molecule has 178 valence electrons. The van der Waals surface area contributed by atoms with E-state index in [1.165, 1.54) is 0 Å².